The molecule has 1 aromatic carbocycles. The molecule has 96 valence electrons. The minimum atomic E-state index is 0.750. The quantitative estimate of drug-likeness (QED) is 0.943. The van der Waals surface area contributed by atoms with Gasteiger partial charge in [0.25, 0.3) is 0 Å². The van der Waals surface area contributed by atoms with Gasteiger partial charge in [0.2, 0.25) is 0 Å². The summed E-state index contributed by atoms with van der Waals surface area (Å²) < 4.78 is 8.02. The van der Waals surface area contributed by atoms with Crippen molar-refractivity contribution in [2.75, 3.05) is 14.2 Å². The highest BCUT2D eigenvalue weighted by Crippen LogP contribution is 2.31. The van der Waals surface area contributed by atoms with Gasteiger partial charge >= 0.3 is 0 Å². The maximum absolute atomic E-state index is 5.24. The fourth-order valence-electron chi connectivity index (χ4n) is 1.91. The van der Waals surface area contributed by atoms with E-state index in [9.17, 15) is 0 Å². The average Bonchev–Trinajstić information content (AvgIpc) is 2.71. The Labute approximate surface area is 115 Å². The van der Waals surface area contributed by atoms with Gasteiger partial charge in [0.15, 0.2) is 0 Å². The van der Waals surface area contributed by atoms with Gasteiger partial charge in [-0.2, -0.15) is 5.10 Å². The zero-order valence-electron chi connectivity index (χ0n) is 10.7. The van der Waals surface area contributed by atoms with Gasteiger partial charge in [-0.05, 0) is 40.7 Å². The fraction of sp³-hybridized carbons (Fsp3) is 0.308. The molecule has 4 nitrogen and oxygen atoms in total. The molecule has 2 aromatic rings. The van der Waals surface area contributed by atoms with Crippen LogP contribution in [0.5, 0.6) is 5.75 Å². The summed E-state index contributed by atoms with van der Waals surface area (Å²) in [6, 6.07) is 6.05. The standard InChI is InChI=1S/C13H16BrN3O/c1-15-7-12-10(8-17(2)16-12)9-4-5-13(18-3)11(14)6-9/h4-6,8,15H,7H2,1-3H3. The normalized spacial score (nSPS) is 10.7. The Kier molecular flexibility index (Phi) is 4.04. The van der Waals surface area contributed by atoms with Gasteiger partial charge in [-0.25, -0.2) is 0 Å². The fourth-order valence-corrected chi connectivity index (χ4v) is 2.45. The Balaban J connectivity index is 2.44. The number of aryl methyl sites for hydroxylation is 1. The minimum Gasteiger partial charge on any atom is -0.496 e. The molecule has 0 atom stereocenters. The number of hydrogen-bond donors (Lipinski definition) is 1. The van der Waals surface area contributed by atoms with Crippen LogP contribution in [0, 0.1) is 0 Å². The second-order valence-electron chi connectivity index (χ2n) is 4.04. The maximum Gasteiger partial charge on any atom is 0.133 e. The predicted octanol–water partition coefficient (Wildman–Crippen LogP) is 2.58. The lowest BCUT2D eigenvalue weighted by atomic mass is 10.1. The molecular formula is C13H16BrN3O. The molecule has 1 N–H and O–H groups in total. The molecule has 0 aliphatic carbocycles. The molecule has 0 radical (unpaired) electrons. The lowest BCUT2D eigenvalue weighted by Gasteiger charge is -2.06. The molecule has 0 fully saturated rings. The van der Waals surface area contributed by atoms with Crippen molar-refractivity contribution in [3.05, 3.63) is 34.6 Å². The van der Waals surface area contributed by atoms with Crippen LogP contribution < -0.4 is 10.1 Å². The van der Waals surface area contributed by atoms with Gasteiger partial charge in [-0.3, -0.25) is 4.68 Å². The van der Waals surface area contributed by atoms with E-state index in [-0.39, 0.29) is 0 Å². The highest BCUT2D eigenvalue weighted by Gasteiger charge is 2.11. The largest absolute Gasteiger partial charge is 0.496 e. The van der Waals surface area contributed by atoms with Crippen LogP contribution in [0.25, 0.3) is 11.1 Å². The number of aromatic nitrogens is 2. The summed E-state index contributed by atoms with van der Waals surface area (Å²) in [5.74, 6) is 0.831. The van der Waals surface area contributed by atoms with Crippen molar-refractivity contribution < 1.29 is 4.74 Å². The Bertz CT molecular complexity index is 551. The van der Waals surface area contributed by atoms with Gasteiger partial charge in [0, 0.05) is 25.4 Å². The average molecular weight is 310 g/mol. The second kappa shape index (κ2) is 5.54. The van der Waals surface area contributed by atoms with Crippen LogP contribution in [-0.2, 0) is 13.6 Å². The number of nitrogens with one attached hydrogen (secondary N) is 1. The molecule has 0 saturated heterocycles. The number of halogens is 1. The summed E-state index contributed by atoms with van der Waals surface area (Å²) in [4.78, 5) is 0. The molecule has 0 aliphatic heterocycles. The van der Waals surface area contributed by atoms with Crippen LogP contribution in [0.15, 0.2) is 28.9 Å². The van der Waals surface area contributed by atoms with Gasteiger partial charge in [0.1, 0.15) is 5.75 Å². The van der Waals surface area contributed by atoms with Crippen LogP contribution in [-0.4, -0.2) is 23.9 Å². The summed E-state index contributed by atoms with van der Waals surface area (Å²) in [7, 11) is 5.51. The first-order valence-corrected chi connectivity index (χ1v) is 6.46. The van der Waals surface area contributed by atoms with E-state index in [1.54, 1.807) is 7.11 Å². The second-order valence-corrected chi connectivity index (χ2v) is 4.90. The number of methoxy groups -OCH3 is 1. The van der Waals surface area contributed by atoms with E-state index in [0.29, 0.717) is 0 Å². The van der Waals surface area contributed by atoms with Crippen molar-refractivity contribution in [3.63, 3.8) is 0 Å². The summed E-state index contributed by atoms with van der Waals surface area (Å²) in [5.41, 5.74) is 3.30. The van der Waals surface area contributed by atoms with E-state index >= 15 is 0 Å². The van der Waals surface area contributed by atoms with Crippen LogP contribution in [0.4, 0.5) is 0 Å². The molecule has 0 amide bonds. The molecular weight excluding hydrogens is 294 g/mol. The zero-order chi connectivity index (χ0) is 13.1. The first-order chi connectivity index (χ1) is 8.65. The smallest absolute Gasteiger partial charge is 0.133 e. The predicted molar refractivity (Wildman–Crippen MR) is 75.7 cm³/mol. The number of hydrogen-bond acceptors (Lipinski definition) is 3. The molecule has 0 aliphatic rings. The van der Waals surface area contributed by atoms with Crippen LogP contribution >= 0.6 is 15.9 Å². The maximum atomic E-state index is 5.24. The minimum absolute atomic E-state index is 0.750. The molecule has 1 heterocycles. The first kappa shape index (κ1) is 13.1. The molecule has 18 heavy (non-hydrogen) atoms. The monoisotopic (exact) mass is 309 g/mol. The van der Waals surface area contributed by atoms with Crippen LogP contribution in [0.3, 0.4) is 0 Å². The number of benzene rings is 1. The van der Waals surface area contributed by atoms with E-state index < -0.39 is 0 Å². The third-order valence-electron chi connectivity index (χ3n) is 2.71. The third kappa shape index (κ3) is 2.57. The molecule has 0 unspecified atom stereocenters. The number of nitrogens with zero attached hydrogens (tertiary/aromatic N) is 2. The number of rotatable bonds is 4. The van der Waals surface area contributed by atoms with E-state index in [0.717, 1.165) is 33.6 Å². The van der Waals surface area contributed by atoms with E-state index in [1.807, 2.05) is 37.1 Å². The summed E-state index contributed by atoms with van der Waals surface area (Å²) in [6.07, 6.45) is 2.03. The highest BCUT2D eigenvalue weighted by atomic mass is 79.9. The Morgan fingerprint density at radius 2 is 2.22 bits per heavy atom. The summed E-state index contributed by atoms with van der Waals surface area (Å²) >= 11 is 3.51. The van der Waals surface area contributed by atoms with Crippen LogP contribution in [0.2, 0.25) is 0 Å². The van der Waals surface area contributed by atoms with Gasteiger partial charge in [-0.15, -0.1) is 0 Å². The van der Waals surface area contributed by atoms with Crippen molar-refractivity contribution in [1.82, 2.24) is 15.1 Å². The summed E-state index contributed by atoms with van der Waals surface area (Å²) in [6.45, 7) is 0.750. The van der Waals surface area contributed by atoms with Crippen molar-refractivity contribution in [2.24, 2.45) is 7.05 Å². The van der Waals surface area contributed by atoms with Crippen molar-refractivity contribution in [3.8, 4) is 16.9 Å². The highest BCUT2D eigenvalue weighted by molar-refractivity contribution is 9.10. The molecule has 0 saturated carbocycles. The number of ether oxygens (including phenoxy) is 1. The van der Waals surface area contributed by atoms with Crippen molar-refractivity contribution >= 4 is 15.9 Å². The zero-order valence-corrected chi connectivity index (χ0v) is 12.3. The molecule has 2 rings (SSSR count). The lowest BCUT2D eigenvalue weighted by Crippen LogP contribution is -2.07. The Hall–Kier alpha value is -1.33. The van der Waals surface area contributed by atoms with Gasteiger partial charge < -0.3 is 10.1 Å². The summed E-state index contributed by atoms with van der Waals surface area (Å²) in [5, 5.41) is 7.59. The van der Waals surface area contributed by atoms with Crippen molar-refractivity contribution in [2.45, 2.75) is 6.54 Å². The molecule has 1 aromatic heterocycles. The third-order valence-corrected chi connectivity index (χ3v) is 3.33. The molecule has 0 bridgehead atoms. The van der Waals surface area contributed by atoms with Gasteiger partial charge in [0.05, 0.1) is 17.3 Å². The van der Waals surface area contributed by atoms with Crippen molar-refractivity contribution in [1.29, 1.82) is 0 Å². The molecule has 5 heteroatoms. The van der Waals surface area contributed by atoms with E-state index in [2.05, 4.69) is 32.4 Å². The lowest BCUT2D eigenvalue weighted by molar-refractivity contribution is 0.412. The first-order valence-electron chi connectivity index (χ1n) is 5.66. The topological polar surface area (TPSA) is 39.1 Å². The molecule has 0 spiro atoms. The van der Waals surface area contributed by atoms with Crippen LogP contribution in [0.1, 0.15) is 5.69 Å². The Morgan fingerprint density at radius 1 is 1.44 bits per heavy atom. The SMILES string of the molecule is CNCc1nn(C)cc1-c1ccc(OC)c(Br)c1. The van der Waals surface area contributed by atoms with E-state index in [4.69, 9.17) is 4.74 Å². The van der Waals surface area contributed by atoms with Gasteiger partial charge in [-0.1, -0.05) is 6.07 Å². The Morgan fingerprint density at radius 3 is 2.83 bits per heavy atom. The van der Waals surface area contributed by atoms with E-state index in [1.165, 1.54) is 0 Å².